The van der Waals surface area contributed by atoms with Crippen LogP contribution in [-0.4, -0.2) is 27.4 Å². The Hall–Kier alpha value is 0.540. The number of alkyl halides is 7. The van der Waals surface area contributed by atoms with E-state index in [1.807, 2.05) is 12.1 Å². The van der Waals surface area contributed by atoms with E-state index in [0.29, 0.717) is 22.5 Å². The van der Waals surface area contributed by atoms with Crippen LogP contribution in [0.15, 0.2) is 22.7 Å². The molecule has 0 saturated heterocycles. The molecule has 1 N–H and O–H groups in total. The molecular formula is C13H8BrCl7N4. The van der Waals surface area contributed by atoms with Crippen molar-refractivity contribution in [3.63, 3.8) is 0 Å². The summed E-state index contributed by atoms with van der Waals surface area (Å²) in [6.45, 7) is 0.619. The van der Waals surface area contributed by atoms with E-state index in [0.717, 1.165) is 5.69 Å². The zero-order valence-electron chi connectivity index (χ0n) is 12.0. The van der Waals surface area contributed by atoms with Crippen LogP contribution in [0.2, 0.25) is 0 Å². The summed E-state index contributed by atoms with van der Waals surface area (Å²) in [5.41, 5.74) is 1.46. The molecule has 0 fully saturated rings. The van der Waals surface area contributed by atoms with E-state index in [2.05, 4.69) is 36.2 Å². The average Bonchev–Trinajstić information content (AvgIpc) is 2.51. The first-order valence-corrected chi connectivity index (χ1v) is 10.1. The van der Waals surface area contributed by atoms with Crippen molar-refractivity contribution in [3.8, 4) is 11.4 Å². The van der Waals surface area contributed by atoms with Crippen molar-refractivity contribution in [2.45, 2.75) is 7.59 Å². The Labute approximate surface area is 187 Å². The first kappa shape index (κ1) is 21.8. The third kappa shape index (κ3) is 6.01. The van der Waals surface area contributed by atoms with Crippen LogP contribution in [0.25, 0.3) is 11.4 Å². The fourth-order valence-corrected chi connectivity index (χ4v) is 2.91. The Morgan fingerprint density at radius 1 is 0.920 bits per heavy atom. The highest BCUT2D eigenvalue weighted by atomic mass is 79.9. The number of benzene rings is 1. The van der Waals surface area contributed by atoms with E-state index in [1.54, 1.807) is 6.07 Å². The summed E-state index contributed by atoms with van der Waals surface area (Å²) in [5.74, 6) is 0.361. The van der Waals surface area contributed by atoms with Crippen molar-refractivity contribution in [1.82, 2.24) is 15.0 Å². The minimum Gasteiger partial charge on any atom is -0.384 e. The van der Waals surface area contributed by atoms with E-state index < -0.39 is 7.59 Å². The maximum absolute atomic E-state index is 5.88. The SMILES string of the molecule is ClCCNc1ccc(-c2nc(C(Cl)(Cl)Cl)nc(C(Cl)(Cl)Cl)n2)c(Br)c1. The molecule has 1 aromatic carbocycles. The third-order valence-electron chi connectivity index (χ3n) is 2.78. The third-order valence-corrected chi connectivity index (χ3v) is 4.64. The van der Waals surface area contributed by atoms with Crippen molar-refractivity contribution in [1.29, 1.82) is 0 Å². The zero-order valence-corrected chi connectivity index (χ0v) is 18.9. The smallest absolute Gasteiger partial charge is 0.250 e. The zero-order chi connectivity index (χ0) is 18.8. The molecule has 0 aliphatic heterocycles. The van der Waals surface area contributed by atoms with Crippen LogP contribution in [0.5, 0.6) is 0 Å². The summed E-state index contributed by atoms with van der Waals surface area (Å²) in [7, 11) is 0. The van der Waals surface area contributed by atoms with Crippen molar-refractivity contribution >= 4 is 103 Å². The normalized spacial score (nSPS) is 12.3. The monoisotopic (exact) mass is 544 g/mol. The minimum absolute atomic E-state index is 0.153. The number of nitrogens with one attached hydrogen (secondary N) is 1. The van der Waals surface area contributed by atoms with E-state index in [-0.39, 0.29) is 17.5 Å². The predicted molar refractivity (Wildman–Crippen MR) is 111 cm³/mol. The molecule has 0 bridgehead atoms. The number of rotatable bonds is 4. The largest absolute Gasteiger partial charge is 0.384 e. The van der Waals surface area contributed by atoms with Gasteiger partial charge in [0.05, 0.1) is 0 Å². The minimum atomic E-state index is -1.91. The van der Waals surface area contributed by atoms with E-state index >= 15 is 0 Å². The van der Waals surface area contributed by atoms with Crippen LogP contribution < -0.4 is 5.32 Å². The Bertz CT molecular complexity index is 729. The Balaban J connectivity index is 2.54. The lowest BCUT2D eigenvalue weighted by Crippen LogP contribution is -2.16. The van der Waals surface area contributed by atoms with Gasteiger partial charge < -0.3 is 5.32 Å². The van der Waals surface area contributed by atoms with Crippen LogP contribution in [0.4, 0.5) is 5.69 Å². The fraction of sp³-hybridized carbons (Fsp3) is 0.308. The number of aromatic nitrogens is 3. The van der Waals surface area contributed by atoms with Gasteiger partial charge in [0.1, 0.15) is 0 Å². The quantitative estimate of drug-likeness (QED) is 0.438. The Kier molecular flexibility index (Phi) is 7.60. The summed E-state index contributed by atoms with van der Waals surface area (Å²) in [6, 6.07) is 5.41. The molecule has 1 aromatic heterocycles. The van der Waals surface area contributed by atoms with Crippen LogP contribution in [0, 0.1) is 0 Å². The average molecular weight is 548 g/mol. The van der Waals surface area contributed by atoms with Gasteiger partial charge in [0.25, 0.3) is 0 Å². The predicted octanol–water partition coefficient (Wildman–Crippen LogP) is 6.61. The highest BCUT2D eigenvalue weighted by Crippen LogP contribution is 2.41. The molecule has 0 atom stereocenters. The van der Waals surface area contributed by atoms with Gasteiger partial charge in [-0.15, -0.1) is 11.6 Å². The number of halogens is 8. The summed E-state index contributed by atoms with van der Waals surface area (Å²) in [5, 5.41) is 3.14. The van der Waals surface area contributed by atoms with Gasteiger partial charge in [-0.2, -0.15) is 0 Å². The molecule has 136 valence electrons. The molecular weight excluding hydrogens is 540 g/mol. The summed E-state index contributed by atoms with van der Waals surface area (Å²) >= 11 is 44.4. The van der Waals surface area contributed by atoms with Gasteiger partial charge in [-0.3, -0.25) is 0 Å². The van der Waals surface area contributed by atoms with Gasteiger partial charge in [-0.1, -0.05) is 69.6 Å². The summed E-state index contributed by atoms with van der Waals surface area (Å²) in [4.78, 5) is 12.3. The molecule has 0 saturated carbocycles. The first-order valence-electron chi connectivity index (χ1n) is 6.52. The van der Waals surface area contributed by atoms with Crippen LogP contribution in [-0.2, 0) is 7.59 Å². The van der Waals surface area contributed by atoms with Crippen molar-refractivity contribution < 1.29 is 0 Å². The second-order valence-electron chi connectivity index (χ2n) is 4.61. The maximum atomic E-state index is 5.88. The molecule has 2 rings (SSSR count). The van der Waals surface area contributed by atoms with Gasteiger partial charge in [0.2, 0.25) is 7.59 Å². The molecule has 1 heterocycles. The van der Waals surface area contributed by atoms with Gasteiger partial charge in [0, 0.05) is 28.1 Å². The Morgan fingerprint density at radius 2 is 1.48 bits per heavy atom. The van der Waals surface area contributed by atoms with E-state index in [9.17, 15) is 0 Å². The Morgan fingerprint density at radius 3 is 1.92 bits per heavy atom. The van der Waals surface area contributed by atoms with Crippen LogP contribution >= 0.6 is 97.1 Å². The van der Waals surface area contributed by atoms with E-state index in [4.69, 9.17) is 81.2 Å². The second-order valence-corrected chi connectivity index (χ2v) is 10.4. The molecule has 0 unspecified atom stereocenters. The van der Waals surface area contributed by atoms with Crippen LogP contribution in [0.3, 0.4) is 0 Å². The highest BCUT2D eigenvalue weighted by molar-refractivity contribution is 9.10. The lowest BCUT2D eigenvalue weighted by molar-refractivity contribution is 0.851. The molecule has 0 spiro atoms. The topological polar surface area (TPSA) is 50.7 Å². The lowest BCUT2D eigenvalue weighted by Gasteiger charge is -2.16. The van der Waals surface area contributed by atoms with Crippen molar-refractivity contribution in [3.05, 3.63) is 34.3 Å². The van der Waals surface area contributed by atoms with E-state index in [1.165, 1.54) is 0 Å². The molecule has 4 nitrogen and oxygen atoms in total. The van der Waals surface area contributed by atoms with Crippen molar-refractivity contribution in [2.75, 3.05) is 17.7 Å². The maximum Gasteiger partial charge on any atom is 0.250 e. The number of anilines is 1. The van der Waals surface area contributed by atoms with Gasteiger partial charge in [-0.05, 0) is 34.1 Å². The number of nitrogens with zero attached hydrogens (tertiary/aromatic N) is 3. The molecule has 0 radical (unpaired) electrons. The van der Waals surface area contributed by atoms with Gasteiger partial charge >= 0.3 is 0 Å². The summed E-state index contributed by atoms with van der Waals surface area (Å²) in [6.07, 6.45) is 0. The molecule has 0 aliphatic carbocycles. The summed E-state index contributed by atoms with van der Waals surface area (Å²) < 4.78 is -3.13. The lowest BCUT2D eigenvalue weighted by atomic mass is 10.2. The standard InChI is InChI=1S/C13H8BrCl7N4/c14-8-5-6(22-4-3-15)1-2-7(8)9-23-10(12(16,17)18)25-11(24-9)13(19,20)21/h1-2,5,22H,3-4H2. The van der Waals surface area contributed by atoms with Crippen molar-refractivity contribution in [2.24, 2.45) is 0 Å². The number of hydrogen-bond donors (Lipinski definition) is 1. The molecule has 2 aromatic rings. The second kappa shape index (κ2) is 8.70. The highest BCUT2D eigenvalue weighted by Gasteiger charge is 2.34. The molecule has 0 aliphatic rings. The fourth-order valence-electron chi connectivity index (χ4n) is 1.75. The molecule has 12 heteroatoms. The number of hydrogen-bond acceptors (Lipinski definition) is 4. The van der Waals surface area contributed by atoms with Gasteiger partial charge in [-0.25, -0.2) is 15.0 Å². The molecule has 25 heavy (non-hydrogen) atoms. The molecule has 0 amide bonds. The van der Waals surface area contributed by atoms with Crippen LogP contribution in [0.1, 0.15) is 11.6 Å². The first-order chi connectivity index (χ1) is 11.5. The van der Waals surface area contributed by atoms with Gasteiger partial charge in [0.15, 0.2) is 17.5 Å².